The van der Waals surface area contributed by atoms with Crippen molar-refractivity contribution in [3.63, 3.8) is 0 Å². The van der Waals surface area contributed by atoms with Crippen molar-refractivity contribution in [3.8, 4) is 22.8 Å². The Labute approximate surface area is 232 Å². The molecule has 1 radical (unpaired) electrons. The van der Waals surface area contributed by atoms with Gasteiger partial charge in [-0.1, -0.05) is 72.8 Å². The zero-order valence-electron chi connectivity index (χ0n) is 20.1. The Balaban J connectivity index is 0.000000254. The maximum absolute atomic E-state index is 11.1. The van der Waals surface area contributed by atoms with Crippen molar-refractivity contribution in [2.45, 2.75) is 0 Å². The zero-order chi connectivity index (χ0) is 25.1. The Hall–Kier alpha value is -4.80. The standard InChI is InChI=1S/2C14H10N2O2.Cu.2H2O/c2*17-14(18)10-6-2-1-5-9(10)13-15-11-7-3-4-8-12(11)16-13;;;/h2*1-8H,(H,15,16)(H,17,18);;2*1H2/q;;+2;;/p-2. The second kappa shape index (κ2) is 13.1. The third-order valence-corrected chi connectivity index (χ3v) is 5.58. The van der Waals surface area contributed by atoms with Crippen molar-refractivity contribution >= 4 is 34.0 Å². The van der Waals surface area contributed by atoms with Crippen molar-refractivity contribution in [2.75, 3.05) is 0 Å². The van der Waals surface area contributed by atoms with Gasteiger partial charge in [0.2, 0.25) is 0 Å². The number of hydrogen-bond acceptors (Lipinski definition) is 6. The summed E-state index contributed by atoms with van der Waals surface area (Å²) in [6.45, 7) is 0. The number of imidazole rings is 2. The number of fused-ring (bicyclic) bond motifs is 2. The number of rotatable bonds is 4. The van der Waals surface area contributed by atoms with Gasteiger partial charge in [-0.2, -0.15) is 0 Å². The van der Waals surface area contributed by atoms with E-state index in [4.69, 9.17) is 0 Å². The number of carboxylic acids is 2. The van der Waals surface area contributed by atoms with Crippen LogP contribution in [0.3, 0.4) is 0 Å². The largest absolute Gasteiger partial charge is 2.00 e. The van der Waals surface area contributed by atoms with Gasteiger partial charge in [0.15, 0.2) is 0 Å². The van der Waals surface area contributed by atoms with E-state index in [1.165, 1.54) is 12.1 Å². The van der Waals surface area contributed by atoms with Gasteiger partial charge in [0.05, 0.1) is 34.0 Å². The minimum Gasteiger partial charge on any atom is -0.545 e. The van der Waals surface area contributed by atoms with Crippen molar-refractivity contribution in [2.24, 2.45) is 0 Å². The van der Waals surface area contributed by atoms with E-state index in [9.17, 15) is 19.8 Å². The fourth-order valence-corrected chi connectivity index (χ4v) is 3.90. The number of aromatic nitrogens is 4. The van der Waals surface area contributed by atoms with E-state index in [1.54, 1.807) is 36.4 Å². The fraction of sp³-hybridized carbons (Fsp3) is 0. The molecule has 0 saturated carbocycles. The summed E-state index contributed by atoms with van der Waals surface area (Å²) in [6.07, 6.45) is 0. The van der Waals surface area contributed by atoms with E-state index >= 15 is 0 Å². The van der Waals surface area contributed by atoms with Crippen LogP contribution in [0.5, 0.6) is 0 Å². The number of hydrogen-bond donors (Lipinski definition) is 2. The molecule has 4 aromatic carbocycles. The predicted octanol–water partition coefficient (Wildman–Crippen LogP) is 1.53. The fourth-order valence-electron chi connectivity index (χ4n) is 3.90. The molecule has 10 nitrogen and oxygen atoms in total. The molecule has 2 aromatic heterocycles. The van der Waals surface area contributed by atoms with Crippen LogP contribution in [0.2, 0.25) is 0 Å². The van der Waals surface area contributed by atoms with Crippen LogP contribution in [0.15, 0.2) is 97.1 Å². The van der Waals surface area contributed by atoms with E-state index < -0.39 is 11.9 Å². The number of aromatic amines is 2. The van der Waals surface area contributed by atoms with E-state index in [0.717, 1.165) is 22.1 Å². The van der Waals surface area contributed by atoms with Crippen molar-refractivity contribution in [1.82, 2.24) is 19.9 Å². The third kappa shape index (κ3) is 6.37. The van der Waals surface area contributed by atoms with Crippen LogP contribution in [0.1, 0.15) is 20.7 Å². The molecule has 201 valence electrons. The summed E-state index contributed by atoms with van der Waals surface area (Å²) in [6, 6.07) is 28.4. The minimum atomic E-state index is -1.20. The van der Waals surface area contributed by atoms with Crippen LogP contribution in [0, 0.1) is 0 Å². The number of aromatic carboxylic acids is 2. The monoisotopic (exact) mass is 573 g/mol. The van der Waals surface area contributed by atoms with Gasteiger partial charge in [-0.3, -0.25) is 0 Å². The van der Waals surface area contributed by atoms with Crippen LogP contribution in [0.25, 0.3) is 44.8 Å². The normalized spacial score (nSPS) is 9.85. The molecule has 6 N–H and O–H groups in total. The average Bonchev–Trinajstić information content (AvgIpc) is 3.53. The molecule has 6 aromatic rings. The summed E-state index contributed by atoms with van der Waals surface area (Å²) in [5, 5.41) is 22.1. The summed E-state index contributed by atoms with van der Waals surface area (Å²) in [7, 11) is 0. The molecule has 39 heavy (non-hydrogen) atoms. The average molecular weight is 574 g/mol. The molecule has 0 fully saturated rings. The van der Waals surface area contributed by atoms with Crippen molar-refractivity contribution in [1.29, 1.82) is 0 Å². The maximum atomic E-state index is 11.1. The Morgan fingerprint density at radius 2 is 0.872 bits per heavy atom. The number of carbonyl (C=O) groups is 2. The van der Waals surface area contributed by atoms with Gasteiger partial charge in [-0.25, -0.2) is 9.97 Å². The number of benzene rings is 4. The molecule has 0 atom stereocenters. The number of carbonyl (C=O) groups excluding carboxylic acids is 2. The molecule has 0 amide bonds. The molecule has 0 saturated heterocycles. The molecule has 0 spiro atoms. The molecular formula is C28H22CuN4O6. The SMILES string of the molecule is O.O.O=C([O-])c1ccccc1-c1nc2ccccc2[nH]1.O=C([O-])c1ccccc1-c1nc2ccccc2[nH]1.[Cu+2]. The zero-order valence-corrected chi connectivity index (χ0v) is 21.0. The Morgan fingerprint density at radius 3 is 1.23 bits per heavy atom. The van der Waals surface area contributed by atoms with Gasteiger partial charge >= 0.3 is 17.1 Å². The Bertz CT molecular complexity index is 1540. The molecule has 11 heteroatoms. The summed E-state index contributed by atoms with van der Waals surface area (Å²) in [4.78, 5) is 37.1. The molecule has 0 aliphatic rings. The molecule has 6 rings (SSSR count). The van der Waals surface area contributed by atoms with Crippen molar-refractivity contribution < 1.29 is 47.8 Å². The van der Waals surface area contributed by atoms with Gasteiger partial charge in [0.25, 0.3) is 0 Å². The number of nitrogens with one attached hydrogen (secondary N) is 2. The summed E-state index contributed by atoms with van der Waals surface area (Å²) >= 11 is 0. The maximum Gasteiger partial charge on any atom is 2.00 e. The van der Waals surface area contributed by atoms with E-state index in [-0.39, 0.29) is 39.1 Å². The van der Waals surface area contributed by atoms with Crippen LogP contribution >= 0.6 is 0 Å². The quantitative estimate of drug-likeness (QED) is 0.299. The summed E-state index contributed by atoms with van der Waals surface area (Å²) < 4.78 is 0. The first kappa shape index (κ1) is 30.4. The van der Waals surface area contributed by atoms with Gasteiger partial charge in [-0.05, 0) is 24.3 Å². The molecule has 0 unspecified atom stereocenters. The smallest absolute Gasteiger partial charge is 0.545 e. The van der Waals surface area contributed by atoms with Crippen LogP contribution < -0.4 is 10.2 Å². The van der Waals surface area contributed by atoms with Crippen LogP contribution in [-0.4, -0.2) is 42.8 Å². The van der Waals surface area contributed by atoms with Gasteiger partial charge in [0.1, 0.15) is 11.6 Å². The number of carboxylic acid groups (broad SMARTS) is 2. The number of H-pyrrole nitrogens is 2. The molecule has 0 bridgehead atoms. The van der Waals surface area contributed by atoms with E-state index in [1.807, 2.05) is 48.5 Å². The second-order valence-electron chi connectivity index (χ2n) is 7.87. The van der Waals surface area contributed by atoms with Gasteiger partial charge in [0, 0.05) is 22.3 Å². The first-order valence-corrected chi connectivity index (χ1v) is 11.0. The molecular weight excluding hydrogens is 552 g/mol. The predicted molar refractivity (Wildman–Crippen MR) is 139 cm³/mol. The Morgan fingerprint density at radius 1 is 0.538 bits per heavy atom. The number of para-hydroxylation sites is 4. The second-order valence-corrected chi connectivity index (χ2v) is 7.87. The number of nitrogens with zero attached hydrogens (tertiary/aromatic N) is 2. The first-order valence-electron chi connectivity index (χ1n) is 11.0. The Kier molecular flexibility index (Phi) is 10.2. The first-order chi connectivity index (χ1) is 17.5. The third-order valence-electron chi connectivity index (χ3n) is 5.58. The molecule has 2 heterocycles. The van der Waals surface area contributed by atoms with Crippen LogP contribution in [0.4, 0.5) is 0 Å². The molecule has 0 aliphatic carbocycles. The molecule has 0 aliphatic heterocycles. The van der Waals surface area contributed by atoms with E-state index in [2.05, 4.69) is 19.9 Å². The van der Waals surface area contributed by atoms with Crippen LogP contribution in [-0.2, 0) is 17.1 Å². The summed E-state index contributed by atoms with van der Waals surface area (Å²) in [5.41, 5.74) is 4.71. The van der Waals surface area contributed by atoms with Gasteiger partial charge in [-0.15, -0.1) is 0 Å². The van der Waals surface area contributed by atoms with Crippen molar-refractivity contribution in [3.05, 3.63) is 108 Å². The topological polar surface area (TPSA) is 201 Å². The summed E-state index contributed by atoms with van der Waals surface area (Å²) in [5.74, 6) is -1.33. The van der Waals surface area contributed by atoms with E-state index in [0.29, 0.717) is 22.8 Å². The van der Waals surface area contributed by atoms with Gasteiger partial charge < -0.3 is 40.7 Å². The minimum absolute atomic E-state index is 0.